The van der Waals surface area contributed by atoms with Crippen LogP contribution >= 0.6 is 11.8 Å². The molecule has 0 heterocycles. The van der Waals surface area contributed by atoms with E-state index in [1.807, 2.05) is 0 Å². The second kappa shape index (κ2) is 5.24. The molecule has 0 rings (SSSR count). The molecule has 0 aliphatic heterocycles. The molecule has 0 saturated heterocycles. The van der Waals surface area contributed by atoms with E-state index in [2.05, 4.69) is 0 Å². The number of sulfonamides is 1. The van der Waals surface area contributed by atoms with Crippen LogP contribution in [0.15, 0.2) is 0 Å². The summed E-state index contributed by atoms with van der Waals surface area (Å²) in [5.41, 5.74) is -1.32. The summed E-state index contributed by atoms with van der Waals surface area (Å²) in [6.07, 6.45) is 1.72. The lowest BCUT2D eigenvalue weighted by Crippen LogP contribution is -2.44. The van der Waals surface area contributed by atoms with Crippen molar-refractivity contribution in [2.75, 3.05) is 18.6 Å². The third-order valence-corrected chi connectivity index (χ3v) is 3.27. The van der Waals surface area contributed by atoms with Gasteiger partial charge in [-0.25, -0.2) is 13.1 Å². The van der Waals surface area contributed by atoms with Gasteiger partial charge in [0.25, 0.3) is 10.0 Å². The highest BCUT2D eigenvalue weighted by atomic mass is 32.2. The van der Waals surface area contributed by atoms with E-state index in [1.165, 1.54) is 18.7 Å². The third kappa shape index (κ3) is 5.08. The van der Waals surface area contributed by atoms with Gasteiger partial charge in [0.15, 0.2) is 0 Å². The van der Waals surface area contributed by atoms with Gasteiger partial charge in [0.05, 0.1) is 5.60 Å². The summed E-state index contributed by atoms with van der Waals surface area (Å²) in [5, 5.41) is 9.47. The molecule has 0 aromatic rings. The maximum absolute atomic E-state index is 11.8. The zero-order valence-electron chi connectivity index (χ0n) is 7.83. The highest BCUT2D eigenvalue weighted by Gasteiger charge is 2.28. The first-order chi connectivity index (χ1) is 6.21. The molecular formula is C6H13F2NO3S2. The molecule has 14 heavy (non-hydrogen) atoms. The Balaban J connectivity index is 4.19. The zero-order valence-corrected chi connectivity index (χ0v) is 9.46. The Hall–Kier alpha value is 0.0800. The molecule has 0 spiro atoms. The number of alkyl halides is 2. The monoisotopic (exact) mass is 249 g/mol. The van der Waals surface area contributed by atoms with Crippen LogP contribution in [0.3, 0.4) is 0 Å². The molecule has 0 aliphatic rings. The smallest absolute Gasteiger partial charge is 0.350 e. The first kappa shape index (κ1) is 14.1. The molecule has 0 bridgehead atoms. The van der Waals surface area contributed by atoms with E-state index in [0.717, 1.165) is 0 Å². The number of nitrogens with one attached hydrogen (secondary N) is 1. The first-order valence-electron chi connectivity index (χ1n) is 3.69. The Bertz CT molecular complexity index is 266. The minimum Gasteiger partial charge on any atom is -0.388 e. The number of hydrogen-bond acceptors (Lipinski definition) is 4. The molecule has 0 aliphatic carbocycles. The van der Waals surface area contributed by atoms with Gasteiger partial charge in [0, 0.05) is 12.3 Å². The lowest BCUT2D eigenvalue weighted by Gasteiger charge is -2.22. The highest BCUT2D eigenvalue weighted by molar-refractivity contribution is 7.98. The number of hydrogen-bond donors (Lipinski definition) is 2. The van der Waals surface area contributed by atoms with Crippen LogP contribution in [0.25, 0.3) is 0 Å². The Morgan fingerprint density at radius 2 is 2.07 bits per heavy atom. The average molecular weight is 249 g/mol. The van der Waals surface area contributed by atoms with E-state index >= 15 is 0 Å². The van der Waals surface area contributed by atoms with Crippen LogP contribution in [0, 0.1) is 0 Å². The van der Waals surface area contributed by atoms with Crippen LogP contribution in [0.2, 0.25) is 0 Å². The SMILES string of the molecule is CSCC(C)(O)CNS(=O)(=O)C(F)F. The predicted octanol–water partition coefficient (Wildman–Crippen LogP) is 0.242. The van der Waals surface area contributed by atoms with Crippen molar-refractivity contribution < 1.29 is 22.3 Å². The van der Waals surface area contributed by atoms with Gasteiger partial charge < -0.3 is 5.11 Å². The minimum absolute atomic E-state index is 0.263. The Morgan fingerprint density at radius 3 is 2.43 bits per heavy atom. The van der Waals surface area contributed by atoms with Crippen LogP contribution in [0.1, 0.15) is 6.92 Å². The van der Waals surface area contributed by atoms with Gasteiger partial charge >= 0.3 is 5.76 Å². The van der Waals surface area contributed by atoms with Crippen LogP contribution in [-0.2, 0) is 10.0 Å². The van der Waals surface area contributed by atoms with Crippen molar-refractivity contribution >= 4 is 21.8 Å². The van der Waals surface area contributed by atoms with Gasteiger partial charge in [-0.1, -0.05) is 0 Å². The maximum atomic E-state index is 11.8. The second-order valence-electron chi connectivity index (χ2n) is 3.06. The number of thioether (sulfide) groups is 1. The number of aliphatic hydroxyl groups is 1. The molecule has 86 valence electrons. The van der Waals surface area contributed by atoms with Crippen molar-refractivity contribution in [1.29, 1.82) is 0 Å². The summed E-state index contributed by atoms with van der Waals surface area (Å²) in [7, 11) is -4.60. The number of halogens is 2. The van der Waals surface area contributed by atoms with Crippen LogP contribution in [0.4, 0.5) is 8.78 Å². The van der Waals surface area contributed by atoms with Crippen LogP contribution in [-0.4, -0.2) is 43.4 Å². The molecule has 0 radical (unpaired) electrons. The van der Waals surface area contributed by atoms with Crippen LogP contribution < -0.4 is 4.72 Å². The van der Waals surface area contributed by atoms with E-state index < -0.39 is 27.9 Å². The van der Waals surface area contributed by atoms with Crippen molar-refractivity contribution in [3.63, 3.8) is 0 Å². The quantitative estimate of drug-likeness (QED) is 0.708. The highest BCUT2D eigenvalue weighted by Crippen LogP contribution is 2.10. The molecule has 1 atom stereocenters. The van der Waals surface area contributed by atoms with E-state index in [9.17, 15) is 22.3 Å². The number of rotatable bonds is 6. The maximum Gasteiger partial charge on any atom is 0.350 e. The van der Waals surface area contributed by atoms with Crippen molar-refractivity contribution in [3.05, 3.63) is 0 Å². The normalized spacial score (nSPS) is 17.0. The topological polar surface area (TPSA) is 66.4 Å². The molecule has 0 amide bonds. The second-order valence-corrected chi connectivity index (χ2v) is 5.66. The van der Waals surface area contributed by atoms with Gasteiger partial charge in [-0.05, 0) is 13.2 Å². The average Bonchev–Trinajstić information content (AvgIpc) is 2.01. The standard InChI is InChI=1S/C6H13F2NO3S2/c1-6(10,4-13-2)3-9-14(11,12)5(7)8/h5,9-10H,3-4H2,1-2H3. The summed E-state index contributed by atoms with van der Waals surface area (Å²) in [6.45, 7) is 0.956. The van der Waals surface area contributed by atoms with E-state index in [0.29, 0.717) is 0 Å². The van der Waals surface area contributed by atoms with Crippen molar-refractivity contribution in [1.82, 2.24) is 4.72 Å². The van der Waals surface area contributed by atoms with Gasteiger partial charge in [-0.2, -0.15) is 20.5 Å². The zero-order chi connectivity index (χ0) is 11.4. The lowest BCUT2D eigenvalue weighted by molar-refractivity contribution is 0.0901. The lowest BCUT2D eigenvalue weighted by atomic mass is 10.1. The molecule has 4 nitrogen and oxygen atoms in total. The molecular weight excluding hydrogens is 236 g/mol. The van der Waals surface area contributed by atoms with Gasteiger partial charge in [-0.3, -0.25) is 0 Å². The molecule has 8 heteroatoms. The molecule has 0 saturated carbocycles. The fourth-order valence-electron chi connectivity index (χ4n) is 0.681. The van der Waals surface area contributed by atoms with Crippen molar-refractivity contribution in [2.24, 2.45) is 0 Å². The first-order valence-corrected chi connectivity index (χ1v) is 6.63. The Morgan fingerprint density at radius 1 is 1.57 bits per heavy atom. The largest absolute Gasteiger partial charge is 0.388 e. The summed E-state index contributed by atoms with van der Waals surface area (Å²) >= 11 is 1.30. The third-order valence-electron chi connectivity index (χ3n) is 1.34. The molecule has 0 aromatic heterocycles. The Kier molecular flexibility index (Phi) is 5.27. The fourth-order valence-corrected chi connectivity index (χ4v) is 2.04. The predicted molar refractivity (Wildman–Crippen MR) is 51.9 cm³/mol. The summed E-state index contributed by atoms with van der Waals surface area (Å²) in [4.78, 5) is 0. The summed E-state index contributed by atoms with van der Waals surface area (Å²) in [6, 6.07) is 0. The van der Waals surface area contributed by atoms with Crippen LogP contribution in [0.5, 0.6) is 0 Å². The van der Waals surface area contributed by atoms with Gasteiger partial charge in [0.2, 0.25) is 0 Å². The molecule has 2 N–H and O–H groups in total. The van der Waals surface area contributed by atoms with Gasteiger partial charge in [-0.15, -0.1) is 0 Å². The van der Waals surface area contributed by atoms with Crippen molar-refractivity contribution in [3.8, 4) is 0 Å². The summed E-state index contributed by atoms with van der Waals surface area (Å²) < 4.78 is 46.5. The van der Waals surface area contributed by atoms with E-state index in [1.54, 1.807) is 11.0 Å². The minimum atomic E-state index is -4.60. The molecule has 1 unspecified atom stereocenters. The van der Waals surface area contributed by atoms with E-state index in [4.69, 9.17) is 0 Å². The Labute approximate surface area is 86.1 Å². The fraction of sp³-hybridized carbons (Fsp3) is 1.00. The summed E-state index contributed by atoms with van der Waals surface area (Å²) in [5.74, 6) is -3.20. The van der Waals surface area contributed by atoms with E-state index in [-0.39, 0.29) is 5.75 Å². The van der Waals surface area contributed by atoms with Crippen molar-refractivity contribution in [2.45, 2.75) is 18.3 Å². The molecule has 0 fully saturated rings. The molecule has 0 aromatic carbocycles. The van der Waals surface area contributed by atoms with Gasteiger partial charge in [0.1, 0.15) is 0 Å².